The van der Waals surface area contributed by atoms with E-state index in [4.69, 9.17) is 4.74 Å². The lowest BCUT2D eigenvalue weighted by atomic mass is 10.2. The second-order valence-corrected chi connectivity index (χ2v) is 6.95. The van der Waals surface area contributed by atoms with E-state index in [9.17, 15) is 14.4 Å². The number of fused-ring (bicyclic) bond motifs is 1. The van der Waals surface area contributed by atoms with Crippen molar-refractivity contribution in [2.24, 2.45) is 0 Å². The molecule has 0 atom stereocenters. The average molecular weight is 428 g/mol. The molecule has 0 aliphatic heterocycles. The van der Waals surface area contributed by atoms with Crippen LogP contribution >= 0.6 is 0 Å². The zero-order valence-electron chi connectivity index (χ0n) is 17.2. The molecule has 0 saturated carbocycles. The first-order valence-corrected chi connectivity index (χ1v) is 9.84. The predicted molar refractivity (Wildman–Crippen MR) is 122 cm³/mol. The second-order valence-electron chi connectivity index (χ2n) is 6.95. The Labute approximate surface area is 183 Å². The van der Waals surface area contributed by atoms with Crippen molar-refractivity contribution in [3.8, 4) is 5.75 Å². The van der Waals surface area contributed by atoms with E-state index in [-0.39, 0.29) is 23.9 Å². The number of amides is 2. The lowest BCUT2D eigenvalue weighted by molar-refractivity contribution is -0.116. The SMILES string of the molecule is COc1ccccc1NC(=O)c1ccc(NC(=O)Cn2c(=O)cnc3ccccc32)cc1. The molecule has 0 aliphatic carbocycles. The zero-order valence-corrected chi connectivity index (χ0v) is 17.2. The molecule has 0 radical (unpaired) electrons. The molecule has 0 saturated heterocycles. The van der Waals surface area contributed by atoms with E-state index in [0.717, 1.165) is 0 Å². The summed E-state index contributed by atoms with van der Waals surface area (Å²) in [6, 6.07) is 20.7. The van der Waals surface area contributed by atoms with Gasteiger partial charge in [0.2, 0.25) is 5.91 Å². The fraction of sp³-hybridized carbons (Fsp3) is 0.0833. The molecule has 0 spiro atoms. The first-order chi connectivity index (χ1) is 15.5. The molecule has 32 heavy (non-hydrogen) atoms. The molecule has 2 amide bonds. The Balaban J connectivity index is 1.44. The molecule has 0 aliphatic rings. The summed E-state index contributed by atoms with van der Waals surface area (Å²) in [5.41, 5.74) is 2.35. The van der Waals surface area contributed by atoms with Gasteiger partial charge < -0.3 is 15.4 Å². The summed E-state index contributed by atoms with van der Waals surface area (Å²) in [7, 11) is 1.53. The van der Waals surface area contributed by atoms with E-state index < -0.39 is 0 Å². The smallest absolute Gasteiger partial charge is 0.269 e. The predicted octanol–water partition coefficient (Wildman–Crippen LogP) is 3.30. The molecule has 8 nitrogen and oxygen atoms in total. The second kappa shape index (κ2) is 9.13. The molecule has 0 fully saturated rings. The lowest BCUT2D eigenvalue weighted by Crippen LogP contribution is -2.28. The van der Waals surface area contributed by atoms with Crippen molar-refractivity contribution < 1.29 is 14.3 Å². The van der Waals surface area contributed by atoms with E-state index in [1.54, 1.807) is 60.7 Å². The van der Waals surface area contributed by atoms with Crippen LogP contribution in [0.15, 0.2) is 83.8 Å². The van der Waals surface area contributed by atoms with Gasteiger partial charge in [0.05, 0.1) is 30.0 Å². The van der Waals surface area contributed by atoms with Crippen LogP contribution in [0.1, 0.15) is 10.4 Å². The number of hydrogen-bond donors (Lipinski definition) is 2. The normalized spacial score (nSPS) is 10.5. The summed E-state index contributed by atoms with van der Waals surface area (Å²) in [6.07, 6.45) is 1.20. The van der Waals surface area contributed by atoms with Gasteiger partial charge in [0, 0.05) is 11.3 Å². The van der Waals surface area contributed by atoms with Gasteiger partial charge in [0.15, 0.2) is 0 Å². The molecule has 0 unspecified atom stereocenters. The molecule has 160 valence electrons. The lowest BCUT2D eigenvalue weighted by Gasteiger charge is -2.11. The van der Waals surface area contributed by atoms with Crippen LogP contribution in [0.5, 0.6) is 5.75 Å². The number of ether oxygens (including phenoxy) is 1. The number of benzene rings is 3. The van der Waals surface area contributed by atoms with Crippen molar-refractivity contribution in [3.63, 3.8) is 0 Å². The highest BCUT2D eigenvalue weighted by Crippen LogP contribution is 2.24. The fourth-order valence-electron chi connectivity index (χ4n) is 3.27. The molecule has 4 rings (SSSR count). The molecule has 8 heteroatoms. The summed E-state index contributed by atoms with van der Waals surface area (Å²) in [6.45, 7) is -0.155. The maximum Gasteiger partial charge on any atom is 0.269 e. The number of para-hydroxylation sites is 4. The van der Waals surface area contributed by atoms with Gasteiger partial charge in [0.1, 0.15) is 12.3 Å². The van der Waals surface area contributed by atoms with Crippen LogP contribution in [0, 0.1) is 0 Å². The highest BCUT2D eigenvalue weighted by Gasteiger charge is 2.11. The Kier molecular flexibility index (Phi) is 5.94. The van der Waals surface area contributed by atoms with Crippen molar-refractivity contribution in [1.82, 2.24) is 9.55 Å². The van der Waals surface area contributed by atoms with Crippen molar-refractivity contribution in [3.05, 3.63) is 94.9 Å². The minimum Gasteiger partial charge on any atom is -0.495 e. The van der Waals surface area contributed by atoms with E-state index in [1.165, 1.54) is 17.9 Å². The Morgan fingerprint density at radius 1 is 0.938 bits per heavy atom. The Morgan fingerprint density at radius 3 is 2.44 bits per heavy atom. The maximum atomic E-state index is 12.5. The Morgan fingerprint density at radius 2 is 1.66 bits per heavy atom. The van der Waals surface area contributed by atoms with E-state index in [2.05, 4.69) is 15.6 Å². The number of hydrogen-bond acceptors (Lipinski definition) is 5. The maximum absolute atomic E-state index is 12.5. The summed E-state index contributed by atoms with van der Waals surface area (Å²) in [5.74, 6) is -0.111. The largest absolute Gasteiger partial charge is 0.495 e. The number of methoxy groups -OCH3 is 1. The van der Waals surface area contributed by atoms with E-state index in [1.807, 2.05) is 12.1 Å². The monoisotopic (exact) mass is 428 g/mol. The highest BCUT2D eigenvalue weighted by molar-refractivity contribution is 6.05. The van der Waals surface area contributed by atoms with Crippen molar-refractivity contribution in [2.75, 3.05) is 17.7 Å². The topological polar surface area (TPSA) is 102 Å². The number of nitrogens with one attached hydrogen (secondary N) is 2. The van der Waals surface area contributed by atoms with E-state index >= 15 is 0 Å². The van der Waals surface area contributed by atoms with Crippen LogP contribution in [-0.2, 0) is 11.3 Å². The quantitative estimate of drug-likeness (QED) is 0.491. The van der Waals surface area contributed by atoms with Crippen molar-refractivity contribution in [1.29, 1.82) is 0 Å². The number of nitrogens with zero attached hydrogens (tertiary/aromatic N) is 2. The molecule has 3 aromatic carbocycles. The first kappa shape index (κ1) is 20.8. The van der Waals surface area contributed by atoms with Crippen LogP contribution in [0.3, 0.4) is 0 Å². The van der Waals surface area contributed by atoms with Crippen LogP contribution in [0.25, 0.3) is 11.0 Å². The van der Waals surface area contributed by atoms with Gasteiger partial charge in [-0.25, -0.2) is 4.98 Å². The number of carbonyl (C=O) groups excluding carboxylic acids is 2. The van der Waals surface area contributed by atoms with Gasteiger partial charge in [-0.2, -0.15) is 0 Å². The van der Waals surface area contributed by atoms with E-state index in [0.29, 0.717) is 33.7 Å². The first-order valence-electron chi connectivity index (χ1n) is 9.84. The zero-order chi connectivity index (χ0) is 22.5. The third-order valence-electron chi connectivity index (χ3n) is 4.84. The standard InChI is InChI=1S/C24H20N4O4/c1-32-21-9-5-3-7-19(21)27-24(31)16-10-12-17(13-11-16)26-22(29)15-28-20-8-4-2-6-18(20)25-14-23(28)30/h2-14H,15H2,1H3,(H,26,29)(H,27,31). The molecule has 2 N–H and O–H groups in total. The Bertz CT molecular complexity index is 1350. The van der Waals surface area contributed by atoms with Crippen LogP contribution in [0.4, 0.5) is 11.4 Å². The third kappa shape index (κ3) is 4.49. The van der Waals surface area contributed by atoms with Gasteiger partial charge >= 0.3 is 0 Å². The minimum atomic E-state index is -0.366. The highest BCUT2D eigenvalue weighted by atomic mass is 16.5. The van der Waals surface area contributed by atoms with Crippen LogP contribution in [0.2, 0.25) is 0 Å². The summed E-state index contributed by atoms with van der Waals surface area (Å²) in [4.78, 5) is 41.3. The number of anilines is 2. The minimum absolute atomic E-state index is 0.155. The summed E-state index contributed by atoms with van der Waals surface area (Å²) >= 11 is 0. The average Bonchev–Trinajstić information content (AvgIpc) is 2.81. The summed E-state index contributed by atoms with van der Waals surface area (Å²) in [5, 5.41) is 5.54. The van der Waals surface area contributed by atoms with Crippen LogP contribution in [-0.4, -0.2) is 28.5 Å². The van der Waals surface area contributed by atoms with Gasteiger partial charge in [-0.1, -0.05) is 24.3 Å². The van der Waals surface area contributed by atoms with Gasteiger partial charge in [-0.05, 0) is 48.5 Å². The Hall–Kier alpha value is -4.46. The molecular formula is C24H20N4O4. The molecule has 1 aromatic heterocycles. The van der Waals surface area contributed by atoms with Gasteiger partial charge in [-0.3, -0.25) is 19.0 Å². The van der Waals surface area contributed by atoms with Crippen molar-refractivity contribution in [2.45, 2.75) is 6.54 Å². The molecular weight excluding hydrogens is 408 g/mol. The van der Waals surface area contributed by atoms with Gasteiger partial charge in [0.25, 0.3) is 11.5 Å². The molecule has 0 bridgehead atoms. The molecule has 1 heterocycles. The third-order valence-corrected chi connectivity index (χ3v) is 4.84. The van der Waals surface area contributed by atoms with Crippen molar-refractivity contribution >= 4 is 34.2 Å². The fourth-order valence-corrected chi connectivity index (χ4v) is 3.27. The number of carbonyl (C=O) groups is 2. The summed E-state index contributed by atoms with van der Waals surface area (Å²) < 4.78 is 6.61. The molecule has 4 aromatic rings. The number of aromatic nitrogens is 2. The number of rotatable bonds is 6. The van der Waals surface area contributed by atoms with Gasteiger partial charge in [-0.15, -0.1) is 0 Å². The van der Waals surface area contributed by atoms with Crippen LogP contribution < -0.4 is 20.9 Å².